The molecule has 1 fully saturated rings. The van der Waals surface area contributed by atoms with E-state index in [0.29, 0.717) is 41.6 Å². The van der Waals surface area contributed by atoms with Crippen molar-refractivity contribution in [3.63, 3.8) is 0 Å². The van der Waals surface area contributed by atoms with Crippen LogP contribution in [-0.2, 0) is 4.74 Å². The van der Waals surface area contributed by atoms with Gasteiger partial charge in [-0.1, -0.05) is 24.8 Å². The maximum atomic E-state index is 12.7. The summed E-state index contributed by atoms with van der Waals surface area (Å²) in [5.74, 6) is 1.35. The van der Waals surface area contributed by atoms with Gasteiger partial charge in [0.25, 0.3) is 5.91 Å². The number of morpholine rings is 1. The minimum Gasteiger partial charge on any atom is -0.382 e. The third-order valence-corrected chi connectivity index (χ3v) is 5.51. The SMILES string of the molecule is C=Cc1ccnc(NC(=O)c2ccc(-c3nc([C@@H]4CNCCO4)n4ccnc(N)c34)cc2)c1. The summed E-state index contributed by atoms with van der Waals surface area (Å²) in [7, 11) is 0. The molecule has 0 radical (unpaired) electrons. The maximum Gasteiger partial charge on any atom is 0.256 e. The normalized spacial score (nSPS) is 15.9. The molecule has 0 bridgehead atoms. The van der Waals surface area contributed by atoms with Crippen molar-refractivity contribution in [3.8, 4) is 11.3 Å². The van der Waals surface area contributed by atoms with Crippen LogP contribution in [0.5, 0.6) is 0 Å². The number of pyridine rings is 1. The number of carbonyl (C=O) groups is 1. The zero-order valence-corrected chi connectivity index (χ0v) is 17.9. The van der Waals surface area contributed by atoms with E-state index in [1.807, 2.05) is 28.8 Å². The van der Waals surface area contributed by atoms with Crippen molar-refractivity contribution in [2.24, 2.45) is 0 Å². The third kappa shape index (κ3) is 4.07. The molecule has 9 heteroatoms. The van der Waals surface area contributed by atoms with Crippen molar-refractivity contribution in [1.82, 2.24) is 24.7 Å². The summed E-state index contributed by atoms with van der Waals surface area (Å²) in [4.78, 5) is 26.0. The Kier molecular flexibility index (Phi) is 5.55. The number of hydrogen-bond acceptors (Lipinski definition) is 7. The lowest BCUT2D eigenvalue weighted by molar-refractivity contribution is 0.0219. The van der Waals surface area contributed by atoms with E-state index >= 15 is 0 Å². The topological polar surface area (TPSA) is 119 Å². The van der Waals surface area contributed by atoms with Crippen LogP contribution in [0.15, 0.2) is 61.6 Å². The molecular weight excluding hydrogens is 418 g/mol. The summed E-state index contributed by atoms with van der Waals surface area (Å²) in [5.41, 5.74) is 9.82. The van der Waals surface area contributed by atoms with Gasteiger partial charge >= 0.3 is 0 Å². The van der Waals surface area contributed by atoms with Crippen LogP contribution >= 0.6 is 0 Å². The number of hydrogen-bond donors (Lipinski definition) is 3. The van der Waals surface area contributed by atoms with E-state index in [1.54, 1.807) is 36.7 Å². The molecule has 33 heavy (non-hydrogen) atoms. The van der Waals surface area contributed by atoms with Crippen LogP contribution in [0.1, 0.15) is 27.8 Å². The first-order chi connectivity index (χ1) is 16.1. The fourth-order valence-corrected chi connectivity index (χ4v) is 3.86. The first-order valence-corrected chi connectivity index (χ1v) is 10.6. The lowest BCUT2D eigenvalue weighted by Gasteiger charge is -2.22. The minimum absolute atomic E-state index is 0.189. The van der Waals surface area contributed by atoms with Gasteiger partial charge in [-0.3, -0.25) is 9.20 Å². The highest BCUT2D eigenvalue weighted by Crippen LogP contribution is 2.31. The predicted molar refractivity (Wildman–Crippen MR) is 127 cm³/mol. The number of anilines is 2. The number of amides is 1. The van der Waals surface area contributed by atoms with Crippen molar-refractivity contribution in [2.75, 3.05) is 30.7 Å². The summed E-state index contributed by atoms with van der Waals surface area (Å²) >= 11 is 0. The van der Waals surface area contributed by atoms with Crippen LogP contribution in [0.2, 0.25) is 0 Å². The van der Waals surface area contributed by atoms with E-state index in [2.05, 4.69) is 27.2 Å². The number of nitrogens with zero attached hydrogens (tertiary/aromatic N) is 4. The Labute approximate surface area is 190 Å². The Balaban J connectivity index is 1.45. The Morgan fingerprint density at radius 2 is 2.09 bits per heavy atom. The largest absolute Gasteiger partial charge is 0.382 e. The highest BCUT2D eigenvalue weighted by atomic mass is 16.5. The molecule has 1 saturated heterocycles. The molecule has 9 nitrogen and oxygen atoms in total. The monoisotopic (exact) mass is 441 g/mol. The van der Waals surface area contributed by atoms with Crippen LogP contribution in [0, 0.1) is 0 Å². The number of nitrogen functional groups attached to an aromatic ring is 1. The first kappa shape index (κ1) is 20.8. The number of carbonyl (C=O) groups excluding carboxylic acids is 1. The molecule has 1 amide bonds. The van der Waals surface area contributed by atoms with Gasteiger partial charge in [-0.25, -0.2) is 15.0 Å². The van der Waals surface area contributed by atoms with E-state index in [0.717, 1.165) is 23.5 Å². The van der Waals surface area contributed by atoms with Gasteiger partial charge in [0.05, 0.1) is 6.61 Å². The van der Waals surface area contributed by atoms with Crippen molar-refractivity contribution in [1.29, 1.82) is 0 Å². The number of nitrogens with two attached hydrogens (primary N) is 1. The number of nitrogens with one attached hydrogen (secondary N) is 2. The average Bonchev–Trinajstić information content (AvgIpc) is 3.26. The summed E-state index contributed by atoms with van der Waals surface area (Å²) in [6.45, 7) is 5.83. The fourth-order valence-electron chi connectivity index (χ4n) is 3.86. The molecule has 0 unspecified atom stereocenters. The van der Waals surface area contributed by atoms with Crippen LogP contribution in [0.4, 0.5) is 11.6 Å². The van der Waals surface area contributed by atoms with Crippen LogP contribution in [0.3, 0.4) is 0 Å². The van der Waals surface area contributed by atoms with Gasteiger partial charge in [0.15, 0.2) is 0 Å². The Morgan fingerprint density at radius 3 is 2.85 bits per heavy atom. The molecule has 1 aromatic carbocycles. The molecule has 0 aliphatic carbocycles. The van der Waals surface area contributed by atoms with Gasteiger partial charge in [0, 0.05) is 42.8 Å². The number of aromatic nitrogens is 4. The van der Waals surface area contributed by atoms with Gasteiger partial charge in [-0.2, -0.15) is 0 Å². The molecule has 1 aliphatic heterocycles. The molecule has 166 valence electrons. The second-order valence-corrected chi connectivity index (χ2v) is 7.62. The average molecular weight is 441 g/mol. The Bertz CT molecular complexity index is 1320. The lowest BCUT2D eigenvalue weighted by atomic mass is 10.1. The van der Waals surface area contributed by atoms with E-state index < -0.39 is 0 Å². The van der Waals surface area contributed by atoms with Crippen LogP contribution < -0.4 is 16.4 Å². The molecule has 4 aromatic rings. The van der Waals surface area contributed by atoms with Crippen LogP contribution in [0.25, 0.3) is 22.9 Å². The molecule has 0 spiro atoms. The lowest BCUT2D eigenvalue weighted by Crippen LogP contribution is -2.34. The van der Waals surface area contributed by atoms with Gasteiger partial charge < -0.3 is 21.1 Å². The molecule has 1 aliphatic rings. The second kappa shape index (κ2) is 8.81. The van der Waals surface area contributed by atoms with Crippen molar-refractivity contribution in [2.45, 2.75) is 6.10 Å². The Hall–Kier alpha value is -4.08. The number of imidazole rings is 1. The molecule has 5 rings (SSSR count). The van der Waals surface area contributed by atoms with Gasteiger partial charge in [0.1, 0.15) is 34.8 Å². The summed E-state index contributed by atoms with van der Waals surface area (Å²) in [6, 6.07) is 10.8. The zero-order chi connectivity index (χ0) is 22.8. The van der Waals surface area contributed by atoms with Crippen molar-refractivity contribution in [3.05, 3.63) is 78.5 Å². The zero-order valence-electron chi connectivity index (χ0n) is 17.9. The van der Waals surface area contributed by atoms with Gasteiger partial charge in [0.2, 0.25) is 0 Å². The van der Waals surface area contributed by atoms with E-state index in [9.17, 15) is 4.79 Å². The van der Waals surface area contributed by atoms with E-state index in [1.165, 1.54) is 0 Å². The van der Waals surface area contributed by atoms with Crippen LogP contribution in [-0.4, -0.2) is 45.0 Å². The highest BCUT2D eigenvalue weighted by Gasteiger charge is 2.24. The summed E-state index contributed by atoms with van der Waals surface area (Å²) < 4.78 is 7.84. The predicted octanol–water partition coefficient (Wildman–Crippen LogP) is 2.93. The standard InChI is InChI=1S/C24H23N7O2/c1-2-15-7-8-27-19(13-15)29-24(32)17-5-3-16(4-6-17)20-21-22(25)28-9-11-31(21)23(30-20)18-14-26-10-12-33-18/h2-9,11,13,18,26H,1,10,12,14H2,(H2,25,28)(H,27,29,32)/t18-/m0/s1. The van der Waals surface area contributed by atoms with Gasteiger partial charge in [-0.15, -0.1) is 0 Å². The summed E-state index contributed by atoms with van der Waals surface area (Å²) in [6.07, 6.45) is 6.62. The number of ether oxygens (including phenoxy) is 1. The summed E-state index contributed by atoms with van der Waals surface area (Å²) in [5, 5.41) is 6.14. The van der Waals surface area contributed by atoms with Gasteiger partial charge in [-0.05, 0) is 29.8 Å². The molecule has 3 aromatic heterocycles. The molecule has 1 atom stereocenters. The Morgan fingerprint density at radius 1 is 1.24 bits per heavy atom. The van der Waals surface area contributed by atoms with Crippen molar-refractivity contribution < 1.29 is 9.53 Å². The first-order valence-electron chi connectivity index (χ1n) is 10.6. The quantitative estimate of drug-likeness (QED) is 0.436. The smallest absolute Gasteiger partial charge is 0.256 e. The highest BCUT2D eigenvalue weighted by molar-refractivity contribution is 6.04. The molecular formula is C24H23N7O2. The maximum absolute atomic E-state index is 12.7. The molecule has 0 saturated carbocycles. The number of benzene rings is 1. The minimum atomic E-state index is -0.256. The number of fused-ring (bicyclic) bond motifs is 1. The van der Waals surface area contributed by atoms with E-state index in [-0.39, 0.29) is 12.0 Å². The number of rotatable bonds is 5. The van der Waals surface area contributed by atoms with E-state index in [4.69, 9.17) is 15.5 Å². The fraction of sp³-hybridized carbons (Fsp3) is 0.167. The third-order valence-electron chi connectivity index (χ3n) is 5.51. The second-order valence-electron chi connectivity index (χ2n) is 7.62. The molecule has 4 heterocycles. The molecule has 4 N–H and O–H groups in total. The van der Waals surface area contributed by atoms with Crippen molar-refractivity contribution >= 4 is 29.1 Å².